The molecule has 1 amide bonds. The number of aromatic nitrogens is 1. The molecule has 80 valence electrons. The number of rotatable bonds is 3. The molecule has 2 rings (SSSR count). The first kappa shape index (κ1) is 10.1. The molecule has 1 aromatic heterocycles. The molecule has 3 N–H and O–H groups in total. The van der Waals surface area contributed by atoms with Crippen molar-refractivity contribution in [2.45, 2.75) is 25.3 Å². The predicted octanol–water partition coefficient (Wildman–Crippen LogP) is 1.15. The van der Waals surface area contributed by atoms with E-state index in [0.717, 1.165) is 12.8 Å². The average Bonchev–Trinajstić information content (AvgIpc) is 3.02. The molecule has 15 heavy (non-hydrogen) atoms. The van der Waals surface area contributed by atoms with Gasteiger partial charge >= 0.3 is 0 Å². The molecule has 4 heteroatoms. The summed E-state index contributed by atoms with van der Waals surface area (Å²) in [5, 5.41) is 2.78. The molecule has 0 bridgehead atoms. The number of pyridine rings is 1. The maximum atomic E-state index is 11.9. The number of carbonyl (C=O) groups is 1. The van der Waals surface area contributed by atoms with Crippen molar-refractivity contribution in [1.82, 2.24) is 4.98 Å². The maximum Gasteiger partial charge on any atom is 0.244 e. The molecule has 1 fully saturated rings. The molecule has 1 aromatic rings. The highest BCUT2D eigenvalue weighted by molar-refractivity contribution is 5.98. The second-order valence-electron chi connectivity index (χ2n) is 4.25. The van der Waals surface area contributed by atoms with E-state index in [-0.39, 0.29) is 5.91 Å². The van der Waals surface area contributed by atoms with E-state index in [0.29, 0.717) is 11.6 Å². The molecule has 0 saturated heterocycles. The van der Waals surface area contributed by atoms with E-state index in [1.807, 2.05) is 0 Å². The second-order valence-corrected chi connectivity index (χ2v) is 4.25. The van der Waals surface area contributed by atoms with E-state index in [2.05, 4.69) is 10.3 Å². The summed E-state index contributed by atoms with van der Waals surface area (Å²) in [5.74, 6) is 0.201. The van der Waals surface area contributed by atoms with E-state index in [1.54, 1.807) is 31.5 Å². The molecule has 1 saturated carbocycles. The fourth-order valence-electron chi connectivity index (χ4n) is 1.57. The molecule has 0 radical (unpaired) electrons. The normalized spacial score (nSPS) is 19.3. The molecule has 1 aliphatic rings. The minimum atomic E-state index is -0.754. The highest BCUT2D eigenvalue weighted by Crippen LogP contribution is 2.38. The lowest BCUT2D eigenvalue weighted by atomic mass is 9.96. The summed E-state index contributed by atoms with van der Waals surface area (Å²) in [7, 11) is 0. The van der Waals surface area contributed by atoms with Gasteiger partial charge in [0.05, 0.1) is 17.4 Å². The third-order valence-electron chi connectivity index (χ3n) is 2.83. The van der Waals surface area contributed by atoms with Crippen LogP contribution in [-0.2, 0) is 4.79 Å². The van der Waals surface area contributed by atoms with Gasteiger partial charge in [-0.2, -0.15) is 0 Å². The third-order valence-corrected chi connectivity index (χ3v) is 2.83. The molecule has 4 nitrogen and oxygen atoms in total. The van der Waals surface area contributed by atoms with Crippen LogP contribution in [-0.4, -0.2) is 16.4 Å². The highest BCUT2D eigenvalue weighted by Gasteiger charge is 2.44. The minimum absolute atomic E-state index is 0.127. The van der Waals surface area contributed by atoms with Gasteiger partial charge in [0.2, 0.25) is 5.91 Å². The van der Waals surface area contributed by atoms with Gasteiger partial charge in [0.25, 0.3) is 0 Å². The van der Waals surface area contributed by atoms with E-state index >= 15 is 0 Å². The van der Waals surface area contributed by atoms with Crippen molar-refractivity contribution in [1.29, 1.82) is 0 Å². The van der Waals surface area contributed by atoms with Crippen LogP contribution in [0.5, 0.6) is 0 Å². The Morgan fingerprint density at radius 3 is 2.93 bits per heavy atom. The zero-order valence-corrected chi connectivity index (χ0v) is 8.73. The Morgan fingerprint density at radius 1 is 1.67 bits per heavy atom. The van der Waals surface area contributed by atoms with Crippen LogP contribution in [0, 0.1) is 5.92 Å². The number of carbonyl (C=O) groups excluding carboxylic acids is 1. The Morgan fingerprint density at radius 2 is 2.40 bits per heavy atom. The van der Waals surface area contributed by atoms with E-state index < -0.39 is 5.54 Å². The summed E-state index contributed by atoms with van der Waals surface area (Å²) in [6.07, 6.45) is 5.37. The van der Waals surface area contributed by atoms with Crippen LogP contribution < -0.4 is 11.1 Å². The van der Waals surface area contributed by atoms with Crippen molar-refractivity contribution in [2.75, 3.05) is 5.32 Å². The Balaban J connectivity index is 2.03. The summed E-state index contributed by atoms with van der Waals surface area (Å²) < 4.78 is 0. The van der Waals surface area contributed by atoms with Gasteiger partial charge in [-0.25, -0.2) is 0 Å². The topological polar surface area (TPSA) is 68.0 Å². The van der Waals surface area contributed by atoms with Gasteiger partial charge in [0.15, 0.2) is 0 Å². The van der Waals surface area contributed by atoms with Crippen LogP contribution in [0.4, 0.5) is 5.69 Å². The first-order valence-corrected chi connectivity index (χ1v) is 5.11. The summed E-state index contributed by atoms with van der Waals surface area (Å²) >= 11 is 0. The van der Waals surface area contributed by atoms with Crippen LogP contribution in [0.25, 0.3) is 0 Å². The predicted molar refractivity (Wildman–Crippen MR) is 58.2 cm³/mol. The van der Waals surface area contributed by atoms with Crippen LogP contribution in [0.1, 0.15) is 19.8 Å². The van der Waals surface area contributed by atoms with Gasteiger partial charge in [-0.1, -0.05) is 0 Å². The zero-order chi connectivity index (χ0) is 10.9. The van der Waals surface area contributed by atoms with Gasteiger partial charge in [0.1, 0.15) is 0 Å². The largest absolute Gasteiger partial charge is 0.323 e. The molecule has 1 heterocycles. The van der Waals surface area contributed by atoms with Crippen LogP contribution in [0.3, 0.4) is 0 Å². The Bertz CT molecular complexity index is 357. The molecule has 1 aliphatic carbocycles. The molecule has 0 aliphatic heterocycles. The average molecular weight is 205 g/mol. The van der Waals surface area contributed by atoms with E-state index in [9.17, 15) is 4.79 Å². The van der Waals surface area contributed by atoms with Crippen molar-refractivity contribution in [3.05, 3.63) is 24.5 Å². The molecular formula is C11H15N3O. The second kappa shape index (κ2) is 3.62. The number of nitrogens with two attached hydrogens (primary N) is 1. The van der Waals surface area contributed by atoms with Crippen molar-refractivity contribution in [3.63, 3.8) is 0 Å². The number of hydrogen-bond acceptors (Lipinski definition) is 3. The van der Waals surface area contributed by atoms with E-state index in [4.69, 9.17) is 5.73 Å². The van der Waals surface area contributed by atoms with Gasteiger partial charge < -0.3 is 11.1 Å². The Kier molecular flexibility index (Phi) is 2.44. The monoisotopic (exact) mass is 205 g/mol. The van der Waals surface area contributed by atoms with Gasteiger partial charge in [0, 0.05) is 6.20 Å². The summed E-state index contributed by atoms with van der Waals surface area (Å²) in [6, 6.07) is 3.58. The van der Waals surface area contributed by atoms with Crippen LogP contribution >= 0.6 is 0 Å². The smallest absolute Gasteiger partial charge is 0.244 e. The first-order valence-electron chi connectivity index (χ1n) is 5.11. The maximum absolute atomic E-state index is 11.9. The summed E-state index contributed by atoms with van der Waals surface area (Å²) in [5.41, 5.74) is 5.92. The number of nitrogens with zero attached hydrogens (tertiary/aromatic N) is 1. The van der Waals surface area contributed by atoms with Gasteiger partial charge in [-0.05, 0) is 37.8 Å². The number of amides is 1. The Labute approximate surface area is 88.9 Å². The highest BCUT2D eigenvalue weighted by atomic mass is 16.2. The molecule has 1 unspecified atom stereocenters. The molecule has 0 spiro atoms. The molecule has 1 atom stereocenters. The Hall–Kier alpha value is -1.42. The lowest BCUT2D eigenvalue weighted by Gasteiger charge is -2.22. The van der Waals surface area contributed by atoms with Crippen LogP contribution in [0.2, 0.25) is 0 Å². The fourth-order valence-corrected chi connectivity index (χ4v) is 1.57. The lowest BCUT2D eigenvalue weighted by molar-refractivity contribution is -0.121. The quantitative estimate of drug-likeness (QED) is 0.777. The number of hydrogen-bond donors (Lipinski definition) is 2. The summed E-state index contributed by atoms with van der Waals surface area (Å²) in [6.45, 7) is 1.79. The number of nitrogens with one attached hydrogen (secondary N) is 1. The SMILES string of the molecule is CC(N)(C(=O)Nc1cccnc1)C1CC1. The number of anilines is 1. The standard InChI is InChI=1S/C11H15N3O/c1-11(12,8-4-5-8)10(15)14-9-3-2-6-13-7-9/h2-3,6-8H,4-5,12H2,1H3,(H,14,15). The summed E-state index contributed by atoms with van der Waals surface area (Å²) in [4.78, 5) is 15.8. The van der Waals surface area contributed by atoms with E-state index in [1.165, 1.54) is 0 Å². The van der Waals surface area contributed by atoms with Crippen molar-refractivity contribution in [3.8, 4) is 0 Å². The first-order chi connectivity index (χ1) is 7.10. The minimum Gasteiger partial charge on any atom is -0.323 e. The van der Waals surface area contributed by atoms with Crippen molar-refractivity contribution in [2.24, 2.45) is 11.7 Å². The third kappa shape index (κ3) is 2.15. The molecule has 0 aromatic carbocycles. The molecular weight excluding hydrogens is 190 g/mol. The van der Waals surface area contributed by atoms with Crippen molar-refractivity contribution >= 4 is 11.6 Å². The van der Waals surface area contributed by atoms with Crippen molar-refractivity contribution < 1.29 is 4.79 Å². The lowest BCUT2D eigenvalue weighted by Crippen LogP contribution is -2.50. The zero-order valence-electron chi connectivity index (χ0n) is 8.73. The van der Waals surface area contributed by atoms with Gasteiger partial charge in [-0.3, -0.25) is 9.78 Å². The fraction of sp³-hybridized carbons (Fsp3) is 0.455. The van der Waals surface area contributed by atoms with Crippen LogP contribution in [0.15, 0.2) is 24.5 Å². The van der Waals surface area contributed by atoms with Gasteiger partial charge in [-0.15, -0.1) is 0 Å².